The quantitative estimate of drug-likeness (QED) is 0.349. The van der Waals surface area contributed by atoms with Gasteiger partial charge in [-0.2, -0.15) is 13.2 Å². The Kier molecular flexibility index (Phi) is 6.55. The van der Waals surface area contributed by atoms with Gasteiger partial charge in [0.15, 0.2) is 6.61 Å². The average molecular weight is 567 g/mol. The lowest BCUT2D eigenvalue weighted by atomic mass is 9.59. The lowest BCUT2D eigenvalue weighted by Crippen LogP contribution is -2.57. The van der Waals surface area contributed by atoms with E-state index in [-0.39, 0.29) is 22.8 Å². The Hall–Kier alpha value is -3.30. The van der Waals surface area contributed by atoms with Crippen LogP contribution in [0.15, 0.2) is 54.6 Å². The summed E-state index contributed by atoms with van der Waals surface area (Å²) in [5, 5.41) is 6.19. The van der Waals surface area contributed by atoms with Crippen molar-refractivity contribution >= 4 is 40.7 Å². The van der Waals surface area contributed by atoms with Crippen molar-refractivity contribution in [2.75, 3.05) is 11.9 Å². The van der Waals surface area contributed by atoms with Crippen molar-refractivity contribution in [3.05, 3.63) is 92.7 Å². The molecule has 2 aliphatic heterocycles. The van der Waals surface area contributed by atoms with Gasteiger partial charge in [-0.25, -0.2) is 4.39 Å². The highest BCUT2D eigenvalue weighted by atomic mass is 35.5. The Morgan fingerprint density at radius 3 is 2.45 bits per heavy atom. The molecule has 38 heavy (non-hydrogen) atoms. The van der Waals surface area contributed by atoms with Crippen LogP contribution in [0.25, 0.3) is 0 Å². The zero-order valence-electron chi connectivity index (χ0n) is 19.8. The number of hydrogen-bond donors (Lipinski definition) is 2. The smallest absolute Gasteiger partial charge is 0.422 e. The van der Waals surface area contributed by atoms with Crippen LogP contribution >= 0.6 is 23.2 Å². The summed E-state index contributed by atoms with van der Waals surface area (Å²) in [4.78, 5) is 27.2. The van der Waals surface area contributed by atoms with Crippen molar-refractivity contribution in [2.24, 2.45) is 0 Å². The summed E-state index contributed by atoms with van der Waals surface area (Å²) in [5.41, 5.74) is 0.323. The van der Waals surface area contributed by atoms with Crippen LogP contribution in [0, 0.1) is 12.7 Å². The molecule has 3 aromatic rings. The molecule has 1 saturated heterocycles. The maximum atomic E-state index is 14.5. The molecule has 2 aliphatic rings. The van der Waals surface area contributed by atoms with Crippen molar-refractivity contribution in [1.29, 1.82) is 0 Å². The molecule has 0 aliphatic carbocycles. The number of anilines is 1. The van der Waals surface area contributed by atoms with Gasteiger partial charge in [-0.15, -0.1) is 0 Å². The molecular weight excluding hydrogens is 547 g/mol. The van der Waals surface area contributed by atoms with Gasteiger partial charge in [0.05, 0.1) is 6.04 Å². The van der Waals surface area contributed by atoms with Gasteiger partial charge < -0.3 is 15.4 Å². The number of piperidine rings is 1. The molecule has 2 amide bonds. The zero-order chi connectivity index (χ0) is 27.4. The number of hydrogen-bond acceptors (Lipinski definition) is 3. The Morgan fingerprint density at radius 1 is 1.00 bits per heavy atom. The number of rotatable bonds is 4. The molecular formula is C27H20Cl2F4N2O3. The van der Waals surface area contributed by atoms with Gasteiger partial charge in [0.1, 0.15) is 17.0 Å². The Bertz CT molecular complexity index is 1460. The highest BCUT2D eigenvalue weighted by molar-refractivity contribution is 6.31. The topological polar surface area (TPSA) is 67.4 Å². The number of ether oxygens (including phenoxy) is 1. The first-order valence-corrected chi connectivity index (χ1v) is 12.3. The van der Waals surface area contributed by atoms with Gasteiger partial charge in [0.2, 0.25) is 11.8 Å². The van der Waals surface area contributed by atoms with Crippen LogP contribution in [0.1, 0.15) is 40.6 Å². The van der Waals surface area contributed by atoms with Gasteiger partial charge in [-0.05, 0) is 66.1 Å². The van der Waals surface area contributed by atoms with E-state index >= 15 is 0 Å². The van der Waals surface area contributed by atoms with E-state index < -0.39 is 47.8 Å². The van der Waals surface area contributed by atoms with E-state index in [1.54, 1.807) is 25.1 Å². The molecule has 0 aromatic heterocycles. The van der Waals surface area contributed by atoms with Crippen molar-refractivity contribution < 1.29 is 31.9 Å². The van der Waals surface area contributed by atoms with Crippen LogP contribution in [0.4, 0.5) is 23.2 Å². The molecule has 2 N–H and O–H groups in total. The SMILES string of the molecule is Cc1ccc(F)cc1[C@H]1NC(=O)C[C@H](c2cc(Cl)ccc2OCC(F)(F)F)[C@@]12C(=O)Nc1cc(Cl)ccc12. The summed E-state index contributed by atoms with van der Waals surface area (Å²) in [5.74, 6) is -2.80. The monoisotopic (exact) mass is 566 g/mol. The first-order chi connectivity index (χ1) is 17.9. The molecule has 3 atom stereocenters. The summed E-state index contributed by atoms with van der Waals surface area (Å²) in [6.45, 7) is 0.128. The maximum absolute atomic E-state index is 14.5. The fourth-order valence-corrected chi connectivity index (χ4v) is 5.88. The Labute approximate surface area is 225 Å². The van der Waals surface area contributed by atoms with E-state index in [1.807, 2.05) is 0 Å². The van der Waals surface area contributed by atoms with Gasteiger partial charge >= 0.3 is 6.18 Å². The van der Waals surface area contributed by atoms with Gasteiger partial charge in [0, 0.05) is 33.6 Å². The zero-order valence-corrected chi connectivity index (χ0v) is 21.3. The third kappa shape index (κ3) is 4.47. The summed E-state index contributed by atoms with van der Waals surface area (Å²) in [6.07, 6.45) is -4.91. The standard InChI is InChI=1S/C27H20Cl2F4N2O3/c1-13-2-5-16(30)10-17(13)24-27(19-6-3-15(29)9-21(19)34-25(27)37)20(11-23(36)35-24)18-8-14(28)4-7-22(18)38-12-26(31,32)33/h2-10,20,24H,11-12H2,1H3,(H,34,37)(H,35,36)/t20-,24-,27-/m1/s1. The number of carbonyl (C=O) groups is 2. The molecule has 1 fully saturated rings. The second kappa shape index (κ2) is 9.47. The molecule has 0 radical (unpaired) electrons. The molecule has 1 spiro atoms. The number of amides is 2. The summed E-state index contributed by atoms with van der Waals surface area (Å²) in [6, 6.07) is 11.7. The predicted molar refractivity (Wildman–Crippen MR) is 134 cm³/mol. The maximum Gasteiger partial charge on any atom is 0.422 e. The predicted octanol–water partition coefficient (Wildman–Crippen LogP) is 6.62. The lowest BCUT2D eigenvalue weighted by molar-refractivity contribution is -0.153. The fraction of sp³-hybridized carbons (Fsp3) is 0.259. The lowest BCUT2D eigenvalue weighted by Gasteiger charge is -2.47. The summed E-state index contributed by atoms with van der Waals surface area (Å²) in [7, 11) is 0. The third-order valence-electron chi connectivity index (χ3n) is 7.04. The first-order valence-electron chi connectivity index (χ1n) is 11.6. The molecule has 0 bridgehead atoms. The number of carbonyl (C=O) groups excluding carboxylic acids is 2. The summed E-state index contributed by atoms with van der Waals surface area (Å²) < 4.78 is 58.9. The van der Waals surface area contributed by atoms with E-state index in [4.69, 9.17) is 27.9 Å². The van der Waals surface area contributed by atoms with Crippen LogP contribution in [-0.2, 0) is 15.0 Å². The van der Waals surface area contributed by atoms with Crippen LogP contribution < -0.4 is 15.4 Å². The van der Waals surface area contributed by atoms with E-state index in [0.717, 1.165) is 0 Å². The minimum absolute atomic E-state index is 0.147. The number of aryl methyl sites for hydroxylation is 1. The van der Waals surface area contributed by atoms with Crippen molar-refractivity contribution in [1.82, 2.24) is 5.32 Å². The van der Waals surface area contributed by atoms with Crippen molar-refractivity contribution in [3.63, 3.8) is 0 Å². The Balaban J connectivity index is 1.80. The molecule has 5 nitrogen and oxygen atoms in total. The number of nitrogens with one attached hydrogen (secondary N) is 2. The van der Waals surface area contributed by atoms with E-state index in [9.17, 15) is 27.2 Å². The molecule has 198 valence electrons. The third-order valence-corrected chi connectivity index (χ3v) is 7.51. The van der Waals surface area contributed by atoms with Gasteiger partial charge in [-0.1, -0.05) is 35.3 Å². The van der Waals surface area contributed by atoms with Crippen LogP contribution in [0.2, 0.25) is 10.0 Å². The highest BCUT2D eigenvalue weighted by Gasteiger charge is 2.62. The Morgan fingerprint density at radius 2 is 1.71 bits per heavy atom. The van der Waals surface area contributed by atoms with Crippen LogP contribution in [0.5, 0.6) is 5.75 Å². The van der Waals surface area contributed by atoms with E-state index in [1.165, 1.54) is 36.4 Å². The minimum Gasteiger partial charge on any atom is -0.484 e. The van der Waals surface area contributed by atoms with Crippen LogP contribution in [0.3, 0.4) is 0 Å². The molecule has 11 heteroatoms. The molecule has 3 aromatic carbocycles. The number of halogens is 6. The van der Waals surface area contributed by atoms with Gasteiger partial charge in [-0.3, -0.25) is 9.59 Å². The highest BCUT2D eigenvalue weighted by Crippen LogP contribution is 2.59. The molecule has 0 saturated carbocycles. The van der Waals surface area contributed by atoms with Crippen molar-refractivity contribution in [3.8, 4) is 5.75 Å². The number of benzene rings is 3. The normalized spacial score (nSPS) is 22.7. The van der Waals surface area contributed by atoms with E-state index in [0.29, 0.717) is 27.4 Å². The second-order valence-corrected chi connectivity index (χ2v) is 10.2. The molecule has 2 heterocycles. The fourth-order valence-electron chi connectivity index (χ4n) is 5.53. The number of fused-ring (bicyclic) bond motifs is 2. The number of alkyl halides is 3. The van der Waals surface area contributed by atoms with Crippen molar-refractivity contribution in [2.45, 2.75) is 36.9 Å². The second-order valence-electron chi connectivity index (χ2n) is 9.36. The molecule has 0 unspecified atom stereocenters. The largest absolute Gasteiger partial charge is 0.484 e. The summed E-state index contributed by atoms with van der Waals surface area (Å²) >= 11 is 12.5. The van der Waals surface area contributed by atoms with E-state index in [2.05, 4.69) is 10.6 Å². The van der Waals surface area contributed by atoms with Gasteiger partial charge in [0.25, 0.3) is 0 Å². The average Bonchev–Trinajstić information content (AvgIpc) is 3.11. The molecule has 5 rings (SSSR count). The van der Waals surface area contributed by atoms with Crippen LogP contribution in [-0.4, -0.2) is 24.6 Å². The minimum atomic E-state index is -4.63. The first kappa shape index (κ1) is 26.3.